The van der Waals surface area contributed by atoms with Gasteiger partial charge in [0.25, 0.3) is 0 Å². The largest absolute Gasteiger partial charge is 0.469 e. The molecule has 1 aromatic carbocycles. The quantitative estimate of drug-likeness (QED) is 0.833. The van der Waals surface area contributed by atoms with Crippen molar-refractivity contribution in [2.75, 3.05) is 0 Å². The Morgan fingerprint density at radius 2 is 2.11 bits per heavy atom. The highest BCUT2D eigenvalue weighted by Gasteiger charge is 2.13. The van der Waals surface area contributed by atoms with Crippen LogP contribution in [0.15, 0.2) is 51.6 Å². The molecule has 0 fully saturated rings. The van der Waals surface area contributed by atoms with Crippen molar-refractivity contribution in [3.05, 3.63) is 58.5 Å². The van der Waals surface area contributed by atoms with E-state index >= 15 is 0 Å². The Morgan fingerprint density at radius 3 is 2.74 bits per heavy atom. The lowest BCUT2D eigenvalue weighted by molar-refractivity contribution is 0.410. The summed E-state index contributed by atoms with van der Waals surface area (Å²) in [6, 6.07) is 13.2. The van der Waals surface area contributed by atoms with E-state index in [9.17, 15) is 0 Å². The zero-order valence-electron chi connectivity index (χ0n) is 11.4. The van der Waals surface area contributed by atoms with E-state index in [0.717, 1.165) is 23.1 Å². The summed E-state index contributed by atoms with van der Waals surface area (Å²) in [5.41, 5.74) is 1.32. The first kappa shape index (κ1) is 14.4. The summed E-state index contributed by atoms with van der Waals surface area (Å²) in [6.07, 6.45) is 3.71. The van der Waals surface area contributed by atoms with Crippen molar-refractivity contribution >= 4 is 15.9 Å². The van der Waals surface area contributed by atoms with E-state index in [1.807, 2.05) is 12.1 Å². The number of rotatable bonds is 6. The van der Waals surface area contributed by atoms with Crippen LogP contribution in [-0.2, 0) is 6.42 Å². The molecule has 0 aliphatic rings. The van der Waals surface area contributed by atoms with Crippen molar-refractivity contribution in [2.24, 2.45) is 0 Å². The third-order valence-electron chi connectivity index (χ3n) is 3.23. The second-order valence-electron chi connectivity index (χ2n) is 4.87. The maximum Gasteiger partial charge on any atom is 0.105 e. The summed E-state index contributed by atoms with van der Waals surface area (Å²) in [5.74, 6) is 1.03. The van der Waals surface area contributed by atoms with Gasteiger partial charge in [0, 0.05) is 23.0 Å². The fourth-order valence-corrected chi connectivity index (χ4v) is 2.72. The minimum Gasteiger partial charge on any atom is -0.469 e. The Morgan fingerprint density at radius 1 is 1.26 bits per heavy atom. The molecule has 2 atom stereocenters. The second kappa shape index (κ2) is 6.92. The molecule has 0 spiro atoms. The van der Waals surface area contributed by atoms with Gasteiger partial charge in [-0.05, 0) is 43.2 Å². The molecule has 102 valence electrons. The van der Waals surface area contributed by atoms with Crippen molar-refractivity contribution in [2.45, 2.75) is 38.8 Å². The predicted octanol–water partition coefficient (Wildman–Crippen LogP) is 4.71. The Balaban J connectivity index is 1.98. The molecular weight excluding hydrogens is 302 g/mol. The van der Waals surface area contributed by atoms with Gasteiger partial charge in [-0.2, -0.15) is 0 Å². The molecule has 0 aliphatic heterocycles. The van der Waals surface area contributed by atoms with Crippen molar-refractivity contribution < 1.29 is 4.42 Å². The number of hydrogen-bond acceptors (Lipinski definition) is 2. The number of hydrogen-bond donors (Lipinski definition) is 1. The van der Waals surface area contributed by atoms with E-state index in [1.54, 1.807) is 6.26 Å². The van der Waals surface area contributed by atoms with E-state index < -0.39 is 0 Å². The van der Waals surface area contributed by atoms with Crippen molar-refractivity contribution in [3.63, 3.8) is 0 Å². The van der Waals surface area contributed by atoms with Crippen LogP contribution in [0.3, 0.4) is 0 Å². The summed E-state index contributed by atoms with van der Waals surface area (Å²) in [5, 5.41) is 3.67. The molecular formula is C16H20BrNO. The van der Waals surface area contributed by atoms with Gasteiger partial charge in [0.1, 0.15) is 5.76 Å². The summed E-state index contributed by atoms with van der Waals surface area (Å²) in [7, 11) is 0. The lowest BCUT2D eigenvalue weighted by Crippen LogP contribution is -2.31. The molecule has 1 N–H and O–H groups in total. The Bertz CT molecular complexity index is 495. The van der Waals surface area contributed by atoms with Gasteiger partial charge in [0.05, 0.1) is 6.26 Å². The van der Waals surface area contributed by atoms with Gasteiger partial charge in [0.2, 0.25) is 0 Å². The van der Waals surface area contributed by atoms with Gasteiger partial charge in [-0.3, -0.25) is 0 Å². The lowest BCUT2D eigenvalue weighted by atomic mass is 10.0. The molecule has 2 nitrogen and oxygen atoms in total. The Kier molecular flexibility index (Phi) is 5.23. The van der Waals surface area contributed by atoms with Crippen LogP contribution in [0.2, 0.25) is 0 Å². The molecule has 0 saturated carbocycles. The van der Waals surface area contributed by atoms with E-state index in [1.165, 1.54) is 5.56 Å². The van der Waals surface area contributed by atoms with Crippen molar-refractivity contribution in [1.82, 2.24) is 5.32 Å². The van der Waals surface area contributed by atoms with Crippen LogP contribution in [-0.4, -0.2) is 6.04 Å². The predicted molar refractivity (Wildman–Crippen MR) is 82.2 cm³/mol. The molecule has 2 unspecified atom stereocenters. The monoisotopic (exact) mass is 321 g/mol. The first-order valence-electron chi connectivity index (χ1n) is 6.73. The van der Waals surface area contributed by atoms with Crippen molar-refractivity contribution in [3.8, 4) is 0 Å². The average molecular weight is 322 g/mol. The zero-order valence-corrected chi connectivity index (χ0v) is 13.0. The summed E-state index contributed by atoms with van der Waals surface area (Å²) >= 11 is 3.53. The average Bonchev–Trinajstić information content (AvgIpc) is 2.88. The number of benzene rings is 1. The summed E-state index contributed by atoms with van der Waals surface area (Å²) < 4.78 is 6.53. The molecule has 1 aromatic heterocycles. The standard InChI is InChI=1S/C16H20BrNO/c1-3-16(13-6-4-7-14(17)11-13)18-12(2)10-15-8-5-9-19-15/h4-9,11-12,16,18H,3,10H2,1-2H3. The third kappa shape index (κ3) is 4.22. The molecule has 0 amide bonds. The van der Waals surface area contributed by atoms with E-state index in [-0.39, 0.29) is 0 Å². The fourth-order valence-electron chi connectivity index (χ4n) is 2.31. The fraction of sp³-hybridized carbons (Fsp3) is 0.375. The van der Waals surface area contributed by atoms with Crippen LogP contribution in [0.1, 0.15) is 37.6 Å². The van der Waals surface area contributed by atoms with Crippen LogP contribution >= 0.6 is 15.9 Å². The van der Waals surface area contributed by atoms with E-state index in [4.69, 9.17) is 4.42 Å². The van der Waals surface area contributed by atoms with E-state index in [0.29, 0.717) is 12.1 Å². The minimum atomic E-state index is 0.377. The van der Waals surface area contributed by atoms with Gasteiger partial charge in [-0.1, -0.05) is 35.0 Å². The van der Waals surface area contributed by atoms with Gasteiger partial charge in [-0.25, -0.2) is 0 Å². The summed E-state index contributed by atoms with van der Waals surface area (Å²) in [4.78, 5) is 0. The van der Waals surface area contributed by atoms with Crippen LogP contribution in [0.25, 0.3) is 0 Å². The van der Waals surface area contributed by atoms with Gasteiger partial charge in [0.15, 0.2) is 0 Å². The van der Waals surface area contributed by atoms with Gasteiger partial charge < -0.3 is 9.73 Å². The van der Waals surface area contributed by atoms with Crippen LogP contribution in [0.4, 0.5) is 0 Å². The number of furan rings is 1. The Hall–Kier alpha value is -1.06. The molecule has 1 heterocycles. The zero-order chi connectivity index (χ0) is 13.7. The first-order valence-corrected chi connectivity index (χ1v) is 7.52. The minimum absolute atomic E-state index is 0.377. The smallest absolute Gasteiger partial charge is 0.105 e. The van der Waals surface area contributed by atoms with E-state index in [2.05, 4.69) is 59.4 Å². The van der Waals surface area contributed by atoms with Gasteiger partial charge >= 0.3 is 0 Å². The maximum atomic E-state index is 5.40. The Labute approximate surface area is 123 Å². The molecule has 0 radical (unpaired) electrons. The molecule has 19 heavy (non-hydrogen) atoms. The lowest BCUT2D eigenvalue weighted by Gasteiger charge is -2.22. The highest BCUT2D eigenvalue weighted by Crippen LogP contribution is 2.21. The first-order chi connectivity index (χ1) is 9.19. The maximum absolute atomic E-state index is 5.40. The molecule has 2 rings (SSSR count). The highest BCUT2D eigenvalue weighted by atomic mass is 79.9. The summed E-state index contributed by atoms with van der Waals surface area (Å²) in [6.45, 7) is 4.40. The third-order valence-corrected chi connectivity index (χ3v) is 3.73. The molecule has 2 aromatic rings. The number of nitrogens with one attached hydrogen (secondary N) is 1. The van der Waals surface area contributed by atoms with Gasteiger partial charge in [-0.15, -0.1) is 0 Å². The molecule has 3 heteroatoms. The SMILES string of the molecule is CCC(NC(C)Cc1ccco1)c1cccc(Br)c1. The van der Waals surface area contributed by atoms with Crippen molar-refractivity contribution in [1.29, 1.82) is 0 Å². The normalized spacial score (nSPS) is 14.3. The van der Waals surface area contributed by atoms with Crippen LogP contribution < -0.4 is 5.32 Å². The molecule has 0 aliphatic carbocycles. The van der Waals surface area contributed by atoms with Crippen LogP contribution in [0, 0.1) is 0 Å². The number of halogens is 1. The van der Waals surface area contributed by atoms with Crippen LogP contribution in [0.5, 0.6) is 0 Å². The molecule has 0 bridgehead atoms. The highest BCUT2D eigenvalue weighted by molar-refractivity contribution is 9.10. The second-order valence-corrected chi connectivity index (χ2v) is 5.78. The molecule has 0 saturated heterocycles. The topological polar surface area (TPSA) is 25.2 Å².